The van der Waals surface area contributed by atoms with Gasteiger partial charge in [-0.1, -0.05) is 53.6 Å². The summed E-state index contributed by atoms with van der Waals surface area (Å²) in [6.07, 6.45) is 0. The van der Waals surface area contributed by atoms with Crippen LogP contribution in [0.2, 0.25) is 5.02 Å². The van der Waals surface area contributed by atoms with Crippen molar-refractivity contribution < 1.29 is 0 Å². The number of aryl methyl sites for hydroxylation is 1. The van der Waals surface area contributed by atoms with E-state index in [4.69, 9.17) is 11.6 Å². The van der Waals surface area contributed by atoms with Crippen molar-refractivity contribution in [3.63, 3.8) is 0 Å². The summed E-state index contributed by atoms with van der Waals surface area (Å²) >= 11 is 5.98. The van der Waals surface area contributed by atoms with Gasteiger partial charge in [0.2, 0.25) is 0 Å². The fourth-order valence-electron chi connectivity index (χ4n) is 2.26. The molecule has 19 heavy (non-hydrogen) atoms. The number of nitrogens with zero attached hydrogens (tertiary/aromatic N) is 1. The molecule has 100 valence electrons. The predicted molar refractivity (Wildman–Crippen MR) is 83.0 cm³/mol. The van der Waals surface area contributed by atoms with Gasteiger partial charge in [-0.2, -0.15) is 0 Å². The van der Waals surface area contributed by atoms with Crippen LogP contribution in [0.25, 0.3) is 0 Å². The molecule has 1 atom stereocenters. The fraction of sp³-hybridized carbons (Fsp3) is 0.294. The third-order valence-electron chi connectivity index (χ3n) is 3.30. The Balaban J connectivity index is 2.35. The molecule has 1 unspecified atom stereocenters. The highest BCUT2D eigenvalue weighted by Crippen LogP contribution is 2.26. The smallest absolute Gasteiger partial charge is 0.0406 e. The Labute approximate surface area is 120 Å². The van der Waals surface area contributed by atoms with E-state index < -0.39 is 0 Å². The summed E-state index contributed by atoms with van der Waals surface area (Å²) < 4.78 is 0. The van der Waals surface area contributed by atoms with Crippen LogP contribution in [0.3, 0.4) is 0 Å². The summed E-state index contributed by atoms with van der Waals surface area (Å²) in [5, 5.41) is 0.788. The van der Waals surface area contributed by atoms with E-state index in [0.717, 1.165) is 11.6 Å². The van der Waals surface area contributed by atoms with Gasteiger partial charge in [-0.05, 0) is 44.3 Å². The van der Waals surface area contributed by atoms with Gasteiger partial charge in [0.25, 0.3) is 0 Å². The van der Waals surface area contributed by atoms with E-state index in [1.54, 1.807) is 0 Å². The molecule has 2 aromatic rings. The van der Waals surface area contributed by atoms with Crippen LogP contribution >= 0.6 is 11.6 Å². The molecular weight excluding hydrogens is 254 g/mol. The van der Waals surface area contributed by atoms with Crippen molar-refractivity contribution in [1.82, 2.24) is 4.90 Å². The molecule has 1 nitrogen and oxygen atoms in total. The number of benzene rings is 2. The van der Waals surface area contributed by atoms with E-state index >= 15 is 0 Å². The monoisotopic (exact) mass is 273 g/mol. The van der Waals surface area contributed by atoms with Crippen LogP contribution in [0.15, 0.2) is 48.5 Å². The number of hydrogen-bond acceptors (Lipinski definition) is 1. The number of likely N-dealkylation sites (N-methyl/N-ethyl adjacent to an activating group) is 1. The van der Waals surface area contributed by atoms with Crippen LogP contribution in [0.5, 0.6) is 0 Å². The van der Waals surface area contributed by atoms with E-state index in [1.807, 2.05) is 12.1 Å². The van der Waals surface area contributed by atoms with Crippen molar-refractivity contribution in [1.29, 1.82) is 0 Å². The highest BCUT2D eigenvalue weighted by atomic mass is 35.5. The second-order valence-corrected chi connectivity index (χ2v) is 5.71. The minimum atomic E-state index is 0.382. The van der Waals surface area contributed by atoms with E-state index in [1.165, 1.54) is 16.7 Å². The SMILES string of the molecule is Cc1ccc(C(CN(C)C)c2ccc(Cl)cc2)cc1. The van der Waals surface area contributed by atoms with Crippen molar-refractivity contribution in [2.45, 2.75) is 12.8 Å². The second kappa shape index (κ2) is 6.23. The third kappa shape index (κ3) is 3.82. The van der Waals surface area contributed by atoms with Crippen molar-refractivity contribution >= 4 is 11.6 Å². The van der Waals surface area contributed by atoms with Crippen molar-refractivity contribution in [2.75, 3.05) is 20.6 Å². The first-order valence-corrected chi connectivity index (χ1v) is 6.91. The molecule has 0 N–H and O–H groups in total. The maximum Gasteiger partial charge on any atom is 0.0406 e. The molecule has 0 fully saturated rings. The summed E-state index contributed by atoms with van der Waals surface area (Å²) in [6.45, 7) is 3.11. The van der Waals surface area contributed by atoms with E-state index in [0.29, 0.717) is 5.92 Å². The lowest BCUT2D eigenvalue weighted by Gasteiger charge is -2.22. The van der Waals surface area contributed by atoms with Gasteiger partial charge in [0, 0.05) is 17.5 Å². The van der Waals surface area contributed by atoms with E-state index in [2.05, 4.69) is 62.3 Å². The number of hydrogen-bond donors (Lipinski definition) is 0. The Bertz CT molecular complexity index is 468. The minimum absolute atomic E-state index is 0.382. The van der Waals surface area contributed by atoms with E-state index in [9.17, 15) is 0 Å². The summed E-state index contributed by atoms with van der Waals surface area (Å²) in [4.78, 5) is 2.22. The van der Waals surface area contributed by atoms with Crippen molar-refractivity contribution in [3.8, 4) is 0 Å². The molecule has 2 heteroatoms. The first-order valence-electron chi connectivity index (χ1n) is 6.53. The first kappa shape index (κ1) is 14.1. The summed E-state index contributed by atoms with van der Waals surface area (Å²) in [7, 11) is 4.22. The highest BCUT2D eigenvalue weighted by molar-refractivity contribution is 6.30. The quantitative estimate of drug-likeness (QED) is 0.801. The molecule has 0 saturated heterocycles. The van der Waals surface area contributed by atoms with Crippen LogP contribution in [0.1, 0.15) is 22.6 Å². The minimum Gasteiger partial charge on any atom is -0.308 e. The lowest BCUT2D eigenvalue weighted by molar-refractivity contribution is 0.392. The zero-order valence-corrected chi connectivity index (χ0v) is 12.5. The largest absolute Gasteiger partial charge is 0.308 e. The molecule has 2 aromatic carbocycles. The third-order valence-corrected chi connectivity index (χ3v) is 3.55. The van der Waals surface area contributed by atoms with E-state index in [-0.39, 0.29) is 0 Å². The first-order chi connectivity index (χ1) is 9.06. The molecule has 0 aliphatic heterocycles. The van der Waals surface area contributed by atoms with Crippen LogP contribution in [-0.4, -0.2) is 25.5 Å². The molecular formula is C17H20ClN. The van der Waals surface area contributed by atoms with Gasteiger partial charge >= 0.3 is 0 Å². The molecule has 0 bridgehead atoms. The molecule has 0 saturated carbocycles. The molecule has 0 spiro atoms. The standard InChI is InChI=1S/C17H20ClN/c1-13-4-6-14(7-5-13)17(12-19(2)3)15-8-10-16(18)11-9-15/h4-11,17H,12H2,1-3H3. The predicted octanol–water partition coefficient (Wildman–Crippen LogP) is 4.34. The Morgan fingerprint density at radius 1 is 0.895 bits per heavy atom. The number of rotatable bonds is 4. The van der Waals surface area contributed by atoms with Crippen LogP contribution in [0, 0.1) is 6.92 Å². The molecule has 0 aliphatic rings. The van der Waals surface area contributed by atoms with Crippen LogP contribution in [0.4, 0.5) is 0 Å². The second-order valence-electron chi connectivity index (χ2n) is 5.28. The maximum absolute atomic E-state index is 5.98. The number of halogens is 1. The van der Waals surface area contributed by atoms with Crippen LogP contribution < -0.4 is 0 Å². The Morgan fingerprint density at radius 2 is 1.37 bits per heavy atom. The van der Waals surface area contributed by atoms with Gasteiger partial charge in [0.15, 0.2) is 0 Å². The van der Waals surface area contributed by atoms with Crippen molar-refractivity contribution in [3.05, 3.63) is 70.2 Å². The summed E-state index contributed by atoms with van der Waals surface area (Å²) in [6, 6.07) is 17.0. The molecule has 0 heterocycles. The Hall–Kier alpha value is -1.31. The Kier molecular flexibility index (Phi) is 4.62. The topological polar surface area (TPSA) is 3.24 Å². The zero-order valence-electron chi connectivity index (χ0n) is 11.7. The lowest BCUT2D eigenvalue weighted by Crippen LogP contribution is -2.21. The molecule has 0 aromatic heterocycles. The molecule has 0 amide bonds. The lowest BCUT2D eigenvalue weighted by atomic mass is 9.90. The fourth-order valence-corrected chi connectivity index (χ4v) is 2.39. The highest BCUT2D eigenvalue weighted by Gasteiger charge is 2.15. The van der Waals surface area contributed by atoms with Gasteiger partial charge in [-0.3, -0.25) is 0 Å². The average Bonchev–Trinajstić information content (AvgIpc) is 2.38. The van der Waals surface area contributed by atoms with Crippen molar-refractivity contribution in [2.24, 2.45) is 0 Å². The molecule has 0 radical (unpaired) electrons. The normalized spacial score (nSPS) is 12.7. The van der Waals surface area contributed by atoms with Crippen LogP contribution in [-0.2, 0) is 0 Å². The Morgan fingerprint density at radius 3 is 1.84 bits per heavy atom. The summed E-state index contributed by atoms with van der Waals surface area (Å²) in [5.41, 5.74) is 3.95. The molecule has 0 aliphatic carbocycles. The van der Waals surface area contributed by atoms with Gasteiger partial charge in [-0.25, -0.2) is 0 Å². The van der Waals surface area contributed by atoms with Gasteiger partial charge in [0.1, 0.15) is 0 Å². The van der Waals surface area contributed by atoms with Gasteiger partial charge in [-0.15, -0.1) is 0 Å². The maximum atomic E-state index is 5.98. The summed E-state index contributed by atoms with van der Waals surface area (Å²) in [5.74, 6) is 0.382. The van der Waals surface area contributed by atoms with Gasteiger partial charge in [0.05, 0.1) is 0 Å². The molecule has 2 rings (SSSR count). The zero-order chi connectivity index (χ0) is 13.8. The average molecular weight is 274 g/mol. The van der Waals surface area contributed by atoms with Gasteiger partial charge < -0.3 is 4.90 Å².